The van der Waals surface area contributed by atoms with Crippen LogP contribution in [0.3, 0.4) is 0 Å². The van der Waals surface area contributed by atoms with E-state index < -0.39 is 5.54 Å². The number of ether oxygens (including phenoxy) is 1. The molecule has 8 rings (SSSR count). The number of phenolic OH excluding ortho intramolecular Hbond substituents is 1. The van der Waals surface area contributed by atoms with Crippen molar-refractivity contribution in [3.05, 3.63) is 84.2 Å². The first-order valence-electron chi connectivity index (χ1n) is 16.8. The lowest BCUT2D eigenvalue weighted by atomic mass is 9.97. The van der Waals surface area contributed by atoms with Gasteiger partial charge in [-0.25, -0.2) is 14.8 Å². The molecule has 10 heteroatoms. The van der Waals surface area contributed by atoms with E-state index in [1.807, 2.05) is 65.6 Å². The van der Waals surface area contributed by atoms with Gasteiger partial charge >= 0.3 is 6.09 Å². The Kier molecular flexibility index (Phi) is 7.43. The largest absolute Gasteiger partial charge is 0.508 e. The minimum atomic E-state index is -0.412. The molecule has 3 fully saturated rings. The van der Waals surface area contributed by atoms with Gasteiger partial charge in [0.25, 0.3) is 0 Å². The van der Waals surface area contributed by atoms with E-state index in [-0.39, 0.29) is 29.9 Å². The molecule has 48 heavy (non-hydrogen) atoms. The predicted octanol–water partition coefficient (Wildman–Crippen LogP) is 6.21. The van der Waals surface area contributed by atoms with Gasteiger partial charge in [0, 0.05) is 31.6 Å². The van der Waals surface area contributed by atoms with Crippen LogP contribution in [0.1, 0.15) is 44.0 Å². The van der Waals surface area contributed by atoms with Crippen LogP contribution < -0.4 is 4.90 Å². The standard InChI is InChI=1S/C38H41N7O3/c1-37-14-13-27(45(37)36(47)48-22-25-9-5-4-6-10-25)21-44(23-37)35-34-32(39-33(40-35)20-38(15-16-38)24-43(2)3)19-31(41-42-34)30-18-28(46)17-26-11-7-8-12-29(26)30/h4-12,17-19,27,46H,13-16,20-24H2,1-3H3/t27-,37+/m1/s1. The Hall–Kier alpha value is -4.83. The summed E-state index contributed by atoms with van der Waals surface area (Å²) in [5.41, 5.74) is 3.57. The number of piperazine rings is 1. The first-order valence-corrected chi connectivity index (χ1v) is 16.8. The Bertz CT molecular complexity index is 2020. The van der Waals surface area contributed by atoms with Gasteiger partial charge in [0.15, 0.2) is 11.3 Å². The molecule has 2 aliphatic heterocycles. The number of rotatable bonds is 8. The number of carbonyl (C=O) groups is 1. The number of anilines is 1. The summed E-state index contributed by atoms with van der Waals surface area (Å²) < 4.78 is 5.83. The number of carbonyl (C=O) groups excluding carboxylic acids is 1. The van der Waals surface area contributed by atoms with Crippen molar-refractivity contribution >= 4 is 33.7 Å². The predicted molar refractivity (Wildman–Crippen MR) is 186 cm³/mol. The van der Waals surface area contributed by atoms with Crippen LogP contribution in [0, 0.1) is 5.41 Å². The van der Waals surface area contributed by atoms with Crippen molar-refractivity contribution < 1.29 is 14.6 Å². The lowest BCUT2D eigenvalue weighted by molar-refractivity contribution is 0.0467. The Morgan fingerprint density at radius 3 is 2.56 bits per heavy atom. The molecule has 0 unspecified atom stereocenters. The fourth-order valence-electron chi connectivity index (χ4n) is 8.02. The fourth-order valence-corrected chi connectivity index (χ4v) is 8.02. The summed E-state index contributed by atoms with van der Waals surface area (Å²) in [4.78, 5) is 30.3. The minimum absolute atomic E-state index is 0.00473. The van der Waals surface area contributed by atoms with Gasteiger partial charge in [0.05, 0.1) is 22.8 Å². The lowest BCUT2D eigenvalue weighted by Gasteiger charge is -2.47. The van der Waals surface area contributed by atoms with Crippen molar-refractivity contribution in [2.45, 2.75) is 57.2 Å². The van der Waals surface area contributed by atoms with Gasteiger partial charge in [-0.3, -0.25) is 4.90 Å². The molecule has 2 bridgehead atoms. The summed E-state index contributed by atoms with van der Waals surface area (Å²) in [5, 5.41) is 21.9. The van der Waals surface area contributed by atoms with Crippen LogP contribution >= 0.6 is 0 Å². The van der Waals surface area contributed by atoms with Gasteiger partial charge in [-0.05, 0) is 86.7 Å². The molecule has 1 N–H and O–H groups in total. The lowest BCUT2D eigenvalue weighted by Crippen LogP contribution is -2.62. The van der Waals surface area contributed by atoms with Crippen LogP contribution in [0.5, 0.6) is 5.75 Å². The number of nitrogens with zero attached hydrogens (tertiary/aromatic N) is 7. The highest BCUT2D eigenvalue weighted by Gasteiger charge is 2.52. The first kappa shape index (κ1) is 30.5. The highest BCUT2D eigenvalue weighted by Crippen LogP contribution is 2.49. The minimum Gasteiger partial charge on any atom is -0.508 e. The van der Waals surface area contributed by atoms with Crippen LogP contribution in [0.15, 0.2) is 72.8 Å². The topological polar surface area (TPSA) is 108 Å². The van der Waals surface area contributed by atoms with E-state index >= 15 is 0 Å². The van der Waals surface area contributed by atoms with Gasteiger partial charge in [-0.2, -0.15) is 0 Å². The van der Waals surface area contributed by atoms with Gasteiger partial charge in [0.2, 0.25) is 0 Å². The second-order valence-electron chi connectivity index (χ2n) is 14.5. The number of amides is 1. The molecular formula is C38H41N7O3. The average Bonchev–Trinajstić information content (AvgIpc) is 3.78. The number of hydrogen-bond acceptors (Lipinski definition) is 9. The molecule has 246 valence electrons. The van der Waals surface area contributed by atoms with Gasteiger partial charge in [-0.15, -0.1) is 10.2 Å². The Labute approximate surface area is 280 Å². The molecule has 2 saturated heterocycles. The Balaban J connectivity index is 1.15. The van der Waals surface area contributed by atoms with Crippen molar-refractivity contribution in [3.63, 3.8) is 0 Å². The third kappa shape index (κ3) is 5.68. The van der Waals surface area contributed by atoms with Crippen LogP contribution in [-0.4, -0.2) is 86.5 Å². The van der Waals surface area contributed by atoms with Crippen molar-refractivity contribution in [1.29, 1.82) is 0 Å². The highest BCUT2D eigenvalue weighted by molar-refractivity contribution is 5.98. The SMILES string of the molecule is CN(C)CC1(Cc2nc(N3C[C@H]4CC[C@@](C)(C3)N4C(=O)OCc3ccccc3)c3nnc(-c4cc(O)cc5ccccc45)cc3n2)CC1. The molecule has 0 spiro atoms. The molecule has 3 aliphatic rings. The van der Waals surface area contributed by atoms with Crippen LogP contribution in [0.2, 0.25) is 0 Å². The van der Waals surface area contributed by atoms with E-state index in [1.165, 1.54) is 0 Å². The van der Waals surface area contributed by atoms with Crippen LogP contribution in [-0.2, 0) is 17.8 Å². The Morgan fingerprint density at radius 2 is 1.79 bits per heavy atom. The number of aromatic hydroxyl groups is 1. The van der Waals surface area contributed by atoms with Gasteiger partial charge < -0.3 is 19.6 Å². The van der Waals surface area contributed by atoms with Crippen molar-refractivity contribution in [3.8, 4) is 17.0 Å². The summed E-state index contributed by atoms with van der Waals surface area (Å²) in [6.07, 6.45) is 4.61. The van der Waals surface area contributed by atoms with E-state index in [0.717, 1.165) is 77.7 Å². The number of aromatic nitrogens is 4. The van der Waals surface area contributed by atoms with E-state index in [2.05, 4.69) is 35.9 Å². The molecule has 10 nitrogen and oxygen atoms in total. The van der Waals surface area contributed by atoms with E-state index in [9.17, 15) is 9.90 Å². The monoisotopic (exact) mass is 643 g/mol. The van der Waals surface area contributed by atoms with Crippen molar-refractivity contribution in [2.24, 2.45) is 5.41 Å². The molecule has 2 aromatic heterocycles. The average molecular weight is 644 g/mol. The summed E-state index contributed by atoms with van der Waals surface area (Å²) in [7, 11) is 4.24. The molecule has 2 atom stereocenters. The third-order valence-electron chi connectivity index (χ3n) is 10.4. The van der Waals surface area contributed by atoms with Crippen LogP contribution in [0.4, 0.5) is 10.6 Å². The van der Waals surface area contributed by atoms with E-state index in [0.29, 0.717) is 24.3 Å². The molecule has 1 saturated carbocycles. The first-order chi connectivity index (χ1) is 23.2. The molecular weight excluding hydrogens is 602 g/mol. The molecule has 1 aliphatic carbocycles. The smallest absolute Gasteiger partial charge is 0.410 e. The normalized spacial score (nSPS) is 21.3. The summed E-state index contributed by atoms with van der Waals surface area (Å²) in [5.74, 6) is 1.75. The number of phenols is 1. The third-order valence-corrected chi connectivity index (χ3v) is 10.4. The summed E-state index contributed by atoms with van der Waals surface area (Å²) in [6.45, 7) is 4.64. The summed E-state index contributed by atoms with van der Waals surface area (Å²) in [6, 6.07) is 23.3. The number of benzene rings is 3. The number of fused-ring (bicyclic) bond motifs is 4. The highest BCUT2D eigenvalue weighted by atomic mass is 16.6. The van der Waals surface area contributed by atoms with Crippen molar-refractivity contribution in [1.82, 2.24) is 30.0 Å². The molecule has 4 heterocycles. The fraction of sp³-hybridized carbons (Fsp3) is 0.395. The maximum Gasteiger partial charge on any atom is 0.410 e. The van der Waals surface area contributed by atoms with Crippen LogP contribution in [0.25, 0.3) is 33.1 Å². The zero-order valence-corrected chi connectivity index (χ0v) is 27.8. The zero-order chi connectivity index (χ0) is 33.0. The maximum atomic E-state index is 13.5. The van der Waals surface area contributed by atoms with E-state index in [4.69, 9.17) is 19.8 Å². The van der Waals surface area contributed by atoms with Crippen molar-refractivity contribution in [2.75, 3.05) is 38.6 Å². The Morgan fingerprint density at radius 1 is 1.00 bits per heavy atom. The summed E-state index contributed by atoms with van der Waals surface area (Å²) >= 11 is 0. The molecule has 3 aromatic carbocycles. The van der Waals surface area contributed by atoms with Gasteiger partial charge in [-0.1, -0.05) is 54.6 Å². The second kappa shape index (κ2) is 11.7. The molecule has 0 radical (unpaired) electrons. The maximum absolute atomic E-state index is 13.5. The quantitative estimate of drug-likeness (QED) is 0.211. The second-order valence-corrected chi connectivity index (χ2v) is 14.5. The van der Waals surface area contributed by atoms with E-state index in [1.54, 1.807) is 12.1 Å². The zero-order valence-electron chi connectivity index (χ0n) is 27.8. The van der Waals surface area contributed by atoms with Gasteiger partial charge in [0.1, 0.15) is 18.2 Å². The number of hydrogen-bond donors (Lipinski definition) is 1. The molecule has 1 amide bonds. The molecule has 5 aromatic rings.